The third-order valence-electron chi connectivity index (χ3n) is 4.28. The number of amides is 2. The van der Waals surface area contributed by atoms with Crippen LogP contribution in [0.3, 0.4) is 0 Å². The van der Waals surface area contributed by atoms with E-state index >= 15 is 0 Å². The Bertz CT molecular complexity index is 916. The highest BCUT2D eigenvalue weighted by atomic mass is 35.5. The first-order chi connectivity index (χ1) is 13.5. The largest absolute Gasteiger partial charge is 0.326 e. The molecule has 2 amide bonds. The third-order valence-corrected chi connectivity index (χ3v) is 5.69. The molecule has 0 radical (unpaired) electrons. The minimum absolute atomic E-state index is 0.0690. The van der Waals surface area contributed by atoms with Crippen molar-refractivity contribution in [3.05, 3.63) is 59.1 Å². The van der Waals surface area contributed by atoms with Gasteiger partial charge in [-0.05, 0) is 43.2 Å². The van der Waals surface area contributed by atoms with Crippen LogP contribution < -0.4 is 5.32 Å². The van der Waals surface area contributed by atoms with Gasteiger partial charge < -0.3 is 5.32 Å². The van der Waals surface area contributed by atoms with Crippen molar-refractivity contribution in [3.8, 4) is 0 Å². The summed E-state index contributed by atoms with van der Waals surface area (Å²) in [5.74, 6) is -0.290. The molecule has 1 saturated heterocycles. The van der Waals surface area contributed by atoms with Crippen LogP contribution in [0.15, 0.2) is 53.5 Å². The van der Waals surface area contributed by atoms with Crippen LogP contribution in [0.5, 0.6) is 0 Å². The van der Waals surface area contributed by atoms with Gasteiger partial charge in [0.15, 0.2) is 5.17 Å². The number of hydrogen-bond donors (Lipinski definition) is 1. The van der Waals surface area contributed by atoms with Gasteiger partial charge in [0.25, 0.3) is 0 Å². The van der Waals surface area contributed by atoms with E-state index < -0.39 is 5.25 Å². The van der Waals surface area contributed by atoms with Crippen LogP contribution in [-0.4, -0.2) is 33.7 Å². The number of nitrogens with zero attached hydrogens (tertiary/aromatic N) is 2. The van der Waals surface area contributed by atoms with Gasteiger partial charge >= 0.3 is 0 Å². The van der Waals surface area contributed by atoms with E-state index in [2.05, 4.69) is 5.32 Å². The molecule has 5 nitrogen and oxygen atoms in total. The standard InChI is InChI=1S/C21H22ClN3O2S/c1-3-11-25-20(27)18(13-19(26)23-16-9-6-8-15(22)12-16)28-21(25)24-17-10-5-4-7-14(17)2/h4-10,12,18H,3,11,13H2,1-2H3,(H,23,26). The number of amidine groups is 1. The summed E-state index contributed by atoms with van der Waals surface area (Å²) in [6.07, 6.45) is 0.906. The van der Waals surface area contributed by atoms with Gasteiger partial charge in [-0.1, -0.05) is 54.6 Å². The molecule has 1 atom stereocenters. The number of carbonyl (C=O) groups excluding carboxylic acids is 2. The topological polar surface area (TPSA) is 61.8 Å². The van der Waals surface area contributed by atoms with Crippen LogP contribution in [0, 0.1) is 6.92 Å². The van der Waals surface area contributed by atoms with Crippen molar-refractivity contribution in [1.29, 1.82) is 0 Å². The average Bonchev–Trinajstić information content (AvgIpc) is 2.93. The molecule has 1 N–H and O–H groups in total. The number of para-hydroxylation sites is 1. The molecule has 2 aromatic rings. The molecule has 3 rings (SSSR count). The molecule has 1 fully saturated rings. The highest BCUT2D eigenvalue weighted by molar-refractivity contribution is 8.15. The number of rotatable bonds is 6. The molecule has 0 spiro atoms. The number of hydrogen-bond acceptors (Lipinski definition) is 4. The van der Waals surface area contributed by atoms with Crippen molar-refractivity contribution in [1.82, 2.24) is 4.90 Å². The number of nitrogens with one attached hydrogen (secondary N) is 1. The van der Waals surface area contributed by atoms with Crippen molar-refractivity contribution in [2.45, 2.75) is 31.9 Å². The first kappa shape index (κ1) is 20.4. The maximum Gasteiger partial charge on any atom is 0.242 e. The number of aryl methyl sites for hydroxylation is 1. The van der Waals surface area contributed by atoms with Crippen molar-refractivity contribution in [2.75, 3.05) is 11.9 Å². The number of carbonyl (C=O) groups is 2. The second-order valence-electron chi connectivity index (χ2n) is 6.54. The van der Waals surface area contributed by atoms with E-state index in [1.807, 2.05) is 38.1 Å². The summed E-state index contributed by atoms with van der Waals surface area (Å²) in [6.45, 7) is 4.59. The molecule has 1 aliphatic heterocycles. The number of benzene rings is 2. The predicted octanol–water partition coefficient (Wildman–Crippen LogP) is 5.02. The molecule has 0 saturated carbocycles. The van der Waals surface area contributed by atoms with Gasteiger partial charge in [-0.15, -0.1) is 0 Å². The van der Waals surface area contributed by atoms with E-state index in [0.29, 0.717) is 22.4 Å². The summed E-state index contributed by atoms with van der Waals surface area (Å²) in [6, 6.07) is 14.7. The van der Waals surface area contributed by atoms with Crippen LogP contribution >= 0.6 is 23.4 Å². The lowest BCUT2D eigenvalue weighted by molar-refractivity contribution is -0.128. The SMILES string of the molecule is CCCN1C(=O)C(CC(=O)Nc2cccc(Cl)c2)SC1=Nc1ccccc1C. The molecule has 1 unspecified atom stereocenters. The lowest BCUT2D eigenvalue weighted by Crippen LogP contribution is -2.34. The minimum atomic E-state index is -0.478. The molecule has 0 aromatic heterocycles. The summed E-state index contributed by atoms with van der Waals surface area (Å²) in [5.41, 5.74) is 2.50. The van der Waals surface area contributed by atoms with Gasteiger partial charge in [0.05, 0.1) is 5.69 Å². The first-order valence-electron chi connectivity index (χ1n) is 9.15. The first-order valence-corrected chi connectivity index (χ1v) is 10.4. The second-order valence-corrected chi connectivity index (χ2v) is 8.15. The monoisotopic (exact) mass is 415 g/mol. The van der Waals surface area contributed by atoms with Crippen LogP contribution in [0.2, 0.25) is 5.02 Å². The van der Waals surface area contributed by atoms with Gasteiger partial charge in [-0.3, -0.25) is 14.5 Å². The van der Waals surface area contributed by atoms with E-state index in [0.717, 1.165) is 17.7 Å². The normalized spacial score (nSPS) is 18.0. The van der Waals surface area contributed by atoms with Crippen LogP contribution in [0.25, 0.3) is 0 Å². The highest BCUT2D eigenvalue weighted by Gasteiger charge is 2.38. The fraction of sp³-hybridized carbons (Fsp3) is 0.286. The van der Waals surface area contributed by atoms with Gasteiger partial charge in [0, 0.05) is 23.7 Å². The summed E-state index contributed by atoms with van der Waals surface area (Å²) in [4.78, 5) is 31.7. The Labute approximate surface area is 174 Å². The Hall–Kier alpha value is -2.31. The Morgan fingerprint density at radius 2 is 2.04 bits per heavy atom. The molecule has 146 valence electrons. The van der Waals surface area contributed by atoms with E-state index in [-0.39, 0.29) is 18.2 Å². The van der Waals surface area contributed by atoms with Gasteiger partial charge in [0.2, 0.25) is 11.8 Å². The Balaban J connectivity index is 1.74. The molecule has 1 aliphatic rings. The van der Waals surface area contributed by atoms with Crippen LogP contribution in [0.1, 0.15) is 25.3 Å². The van der Waals surface area contributed by atoms with Gasteiger partial charge in [-0.2, -0.15) is 0 Å². The lowest BCUT2D eigenvalue weighted by Gasteiger charge is -2.15. The molecule has 2 aromatic carbocycles. The molecule has 1 heterocycles. The summed E-state index contributed by atoms with van der Waals surface area (Å²) < 4.78 is 0. The van der Waals surface area contributed by atoms with E-state index in [9.17, 15) is 9.59 Å². The molecule has 0 bridgehead atoms. The Morgan fingerprint density at radius 1 is 1.25 bits per heavy atom. The van der Waals surface area contributed by atoms with E-state index in [1.54, 1.807) is 29.2 Å². The number of anilines is 1. The van der Waals surface area contributed by atoms with E-state index in [1.165, 1.54) is 11.8 Å². The Morgan fingerprint density at radius 3 is 2.75 bits per heavy atom. The van der Waals surface area contributed by atoms with Crippen LogP contribution in [0.4, 0.5) is 11.4 Å². The van der Waals surface area contributed by atoms with Crippen molar-refractivity contribution < 1.29 is 9.59 Å². The highest BCUT2D eigenvalue weighted by Crippen LogP contribution is 2.32. The van der Waals surface area contributed by atoms with Crippen molar-refractivity contribution >= 4 is 51.7 Å². The second kappa shape index (κ2) is 9.26. The zero-order chi connectivity index (χ0) is 20.1. The van der Waals surface area contributed by atoms with Crippen LogP contribution in [-0.2, 0) is 9.59 Å². The van der Waals surface area contributed by atoms with E-state index in [4.69, 9.17) is 16.6 Å². The maximum absolute atomic E-state index is 12.8. The minimum Gasteiger partial charge on any atom is -0.326 e. The van der Waals surface area contributed by atoms with Gasteiger partial charge in [0.1, 0.15) is 5.25 Å². The van der Waals surface area contributed by atoms with Crippen molar-refractivity contribution in [2.24, 2.45) is 4.99 Å². The third kappa shape index (κ3) is 4.94. The van der Waals surface area contributed by atoms with Gasteiger partial charge in [-0.25, -0.2) is 4.99 Å². The number of thioether (sulfide) groups is 1. The molecule has 7 heteroatoms. The molecule has 0 aliphatic carbocycles. The smallest absolute Gasteiger partial charge is 0.242 e. The summed E-state index contributed by atoms with van der Waals surface area (Å²) in [5, 5.41) is 3.53. The molecular weight excluding hydrogens is 394 g/mol. The summed E-state index contributed by atoms with van der Waals surface area (Å²) >= 11 is 7.30. The molecular formula is C21H22ClN3O2S. The maximum atomic E-state index is 12.8. The molecule has 28 heavy (non-hydrogen) atoms. The fourth-order valence-corrected chi connectivity index (χ4v) is 4.26. The quantitative estimate of drug-likeness (QED) is 0.720. The zero-order valence-corrected chi connectivity index (χ0v) is 17.4. The Kier molecular flexibility index (Phi) is 6.75. The fourth-order valence-electron chi connectivity index (χ4n) is 2.89. The lowest BCUT2D eigenvalue weighted by atomic mass is 10.2. The summed E-state index contributed by atoms with van der Waals surface area (Å²) in [7, 11) is 0. The average molecular weight is 416 g/mol. The number of aliphatic imine (C=N–C) groups is 1. The zero-order valence-electron chi connectivity index (χ0n) is 15.8. The van der Waals surface area contributed by atoms with Crippen molar-refractivity contribution in [3.63, 3.8) is 0 Å². The predicted molar refractivity (Wildman–Crippen MR) is 116 cm³/mol. The number of halogens is 1.